The van der Waals surface area contributed by atoms with Gasteiger partial charge in [0.25, 0.3) is 5.91 Å². The average molecular weight is 338 g/mol. The maximum atomic E-state index is 12.4. The van der Waals surface area contributed by atoms with E-state index in [-0.39, 0.29) is 17.9 Å². The molecule has 1 N–H and O–H groups in total. The van der Waals surface area contributed by atoms with E-state index in [4.69, 9.17) is 11.6 Å². The van der Waals surface area contributed by atoms with Crippen LogP contribution in [-0.4, -0.2) is 35.3 Å². The summed E-state index contributed by atoms with van der Waals surface area (Å²) >= 11 is 7.84. The van der Waals surface area contributed by atoms with Crippen LogP contribution in [0.5, 0.6) is 0 Å². The lowest BCUT2D eigenvalue weighted by Crippen LogP contribution is -2.39. The van der Waals surface area contributed by atoms with E-state index >= 15 is 0 Å². The average Bonchev–Trinajstić information content (AvgIpc) is 2.50. The number of benzene rings is 1. The summed E-state index contributed by atoms with van der Waals surface area (Å²) in [7, 11) is 1.57. The Labute approximate surface area is 138 Å². The van der Waals surface area contributed by atoms with E-state index in [0.29, 0.717) is 23.6 Å². The minimum absolute atomic E-state index is 0.0620. The number of halogens is 1. The van der Waals surface area contributed by atoms with Crippen molar-refractivity contribution in [3.05, 3.63) is 28.8 Å². The van der Waals surface area contributed by atoms with Crippen molar-refractivity contribution in [2.45, 2.75) is 30.2 Å². The van der Waals surface area contributed by atoms with Gasteiger partial charge in [0, 0.05) is 35.6 Å². The summed E-state index contributed by atoms with van der Waals surface area (Å²) in [6.45, 7) is 0. The SMILES string of the molecule is CN1N=C(C(=O)NC2CCSc3ccc(Cl)cc32)CCC1=O. The van der Waals surface area contributed by atoms with Crippen molar-refractivity contribution in [1.29, 1.82) is 0 Å². The molecule has 2 aliphatic heterocycles. The summed E-state index contributed by atoms with van der Waals surface area (Å²) in [5.41, 5.74) is 1.46. The molecule has 0 spiro atoms. The van der Waals surface area contributed by atoms with Gasteiger partial charge in [0.15, 0.2) is 0 Å². The maximum absolute atomic E-state index is 12.4. The smallest absolute Gasteiger partial charge is 0.267 e. The third-order valence-electron chi connectivity index (χ3n) is 3.79. The van der Waals surface area contributed by atoms with Gasteiger partial charge in [-0.25, -0.2) is 5.01 Å². The van der Waals surface area contributed by atoms with Gasteiger partial charge in [-0.05, 0) is 30.2 Å². The van der Waals surface area contributed by atoms with E-state index in [1.807, 2.05) is 18.2 Å². The van der Waals surface area contributed by atoms with Gasteiger partial charge in [-0.15, -0.1) is 11.8 Å². The van der Waals surface area contributed by atoms with E-state index in [0.717, 1.165) is 22.6 Å². The normalized spacial score (nSPS) is 21.2. The van der Waals surface area contributed by atoms with Crippen molar-refractivity contribution < 1.29 is 9.59 Å². The zero-order chi connectivity index (χ0) is 15.7. The third-order valence-corrected chi connectivity index (χ3v) is 5.14. The summed E-state index contributed by atoms with van der Waals surface area (Å²) in [5, 5.41) is 8.99. The first kappa shape index (κ1) is 15.4. The topological polar surface area (TPSA) is 61.8 Å². The Morgan fingerprint density at radius 1 is 1.45 bits per heavy atom. The van der Waals surface area contributed by atoms with E-state index in [9.17, 15) is 9.59 Å². The van der Waals surface area contributed by atoms with Crippen LogP contribution in [-0.2, 0) is 9.59 Å². The van der Waals surface area contributed by atoms with Crippen molar-refractivity contribution in [2.24, 2.45) is 5.10 Å². The zero-order valence-corrected chi connectivity index (χ0v) is 13.7. The van der Waals surface area contributed by atoms with Crippen molar-refractivity contribution in [2.75, 3.05) is 12.8 Å². The van der Waals surface area contributed by atoms with E-state index < -0.39 is 0 Å². The number of hydrazone groups is 1. The fourth-order valence-electron chi connectivity index (χ4n) is 2.59. The monoisotopic (exact) mass is 337 g/mol. The lowest BCUT2D eigenvalue weighted by atomic mass is 10.0. The second-order valence-electron chi connectivity index (χ2n) is 5.31. The first-order valence-electron chi connectivity index (χ1n) is 7.12. The molecule has 5 nitrogen and oxygen atoms in total. The number of fused-ring (bicyclic) bond motifs is 1. The standard InChI is InChI=1S/C15H16ClN3O2S/c1-19-14(20)5-3-12(18-19)15(21)17-11-6-7-22-13-4-2-9(16)8-10(11)13/h2,4,8,11H,3,5-7H2,1H3,(H,17,21). The van der Waals surface area contributed by atoms with Crippen LogP contribution in [0.1, 0.15) is 30.9 Å². The molecule has 0 aliphatic carbocycles. The lowest BCUT2D eigenvalue weighted by Gasteiger charge is -2.27. The Morgan fingerprint density at radius 3 is 3.05 bits per heavy atom. The minimum Gasteiger partial charge on any atom is -0.344 e. The molecular formula is C15H16ClN3O2S. The number of nitrogens with zero attached hydrogens (tertiary/aromatic N) is 2. The number of carbonyl (C=O) groups is 2. The fraction of sp³-hybridized carbons (Fsp3) is 0.400. The predicted octanol–water partition coefficient (Wildman–Crippen LogP) is 2.60. The van der Waals surface area contributed by atoms with Gasteiger partial charge in [-0.2, -0.15) is 5.10 Å². The van der Waals surface area contributed by atoms with Gasteiger partial charge < -0.3 is 5.32 Å². The number of rotatable bonds is 2. The van der Waals surface area contributed by atoms with Crippen LogP contribution in [0.25, 0.3) is 0 Å². The van der Waals surface area contributed by atoms with Crippen LogP contribution in [0.15, 0.2) is 28.2 Å². The maximum Gasteiger partial charge on any atom is 0.267 e. The van der Waals surface area contributed by atoms with Gasteiger partial charge in [-0.1, -0.05) is 11.6 Å². The Kier molecular flexibility index (Phi) is 4.40. The summed E-state index contributed by atoms with van der Waals surface area (Å²) in [6, 6.07) is 5.70. The number of hydrogen-bond donors (Lipinski definition) is 1. The molecule has 1 aromatic rings. The van der Waals surface area contributed by atoms with Gasteiger partial charge in [0.05, 0.1) is 6.04 Å². The Balaban J connectivity index is 1.77. The molecule has 0 saturated heterocycles. The first-order chi connectivity index (χ1) is 10.5. The van der Waals surface area contributed by atoms with E-state index in [2.05, 4.69) is 10.4 Å². The van der Waals surface area contributed by atoms with Crippen LogP contribution in [0.2, 0.25) is 5.02 Å². The van der Waals surface area contributed by atoms with Gasteiger partial charge >= 0.3 is 0 Å². The van der Waals surface area contributed by atoms with Crippen molar-refractivity contribution in [3.8, 4) is 0 Å². The Hall–Kier alpha value is -1.53. The third kappa shape index (κ3) is 3.13. The molecule has 2 aliphatic rings. The van der Waals surface area contributed by atoms with Crippen LogP contribution in [0.4, 0.5) is 0 Å². The van der Waals surface area contributed by atoms with Crippen molar-refractivity contribution in [1.82, 2.24) is 10.3 Å². The summed E-state index contributed by atoms with van der Waals surface area (Å²) < 4.78 is 0. The molecular weight excluding hydrogens is 322 g/mol. The van der Waals surface area contributed by atoms with Crippen LogP contribution in [0, 0.1) is 0 Å². The molecule has 0 aromatic heterocycles. The van der Waals surface area contributed by atoms with Crippen LogP contribution in [0.3, 0.4) is 0 Å². The highest BCUT2D eigenvalue weighted by Crippen LogP contribution is 2.37. The molecule has 0 radical (unpaired) electrons. The molecule has 0 fully saturated rings. The molecule has 1 unspecified atom stereocenters. The zero-order valence-electron chi connectivity index (χ0n) is 12.1. The predicted molar refractivity (Wildman–Crippen MR) is 87.1 cm³/mol. The van der Waals surface area contributed by atoms with Crippen molar-refractivity contribution >= 4 is 40.9 Å². The summed E-state index contributed by atoms with van der Waals surface area (Å²) in [4.78, 5) is 25.0. The number of amides is 2. The first-order valence-corrected chi connectivity index (χ1v) is 8.48. The molecule has 0 bridgehead atoms. The molecule has 0 saturated carbocycles. The van der Waals surface area contributed by atoms with Crippen molar-refractivity contribution in [3.63, 3.8) is 0 Å². The molecule has 116 valence electrons. The molecule has 2 amide bonds. The molecule has 22 heavy (non-hydrogen) atoms. The number of thioether (sulfide) groups is 1. The minimum atomic E-state index is -0.206. The fourth-order valence-corrected chi connectivity index (χ4v) is 3.88. The Morgan fingerprint density at radius 2 is 2.27 bits per heavy atom. The second kappa shape index (κ2) is 6.30. The highest BCUT2D eigenvalue weighted by atomic mass is 35.5. The van der Waals surface area contributed by atoms with Gasteiger partial charge in [0.1, 0.15) is 5.71 Å². The second-order valence-corrected chi connectivity index (χ2v) is 6.88. The quantitative estimate of drug-likeness (QED) is 0.902. The summed E-state index contributed by atoms with van der Waals surface area (Å²) in [5.74, 6) is 0.676. The highest BCUT2D eigenvalue weighted by Gasteiger charge is 2.27. The molecule has 7 heteroatoms. The molecule has 3 rings (SSSR count). The summed E-state index contributed by atoms with van der Waals surface area (Å²) in [6.07, 6.45) is 1.57. The largest absolute Gasteiger partial charge is 0.344 e. The molecule has 1 atom stereocenters. The van der Waals surface area contributed by atoms with Gasteiger partial charge in [0.2, 0.25) is 5.91 Å². The number of hydrogen-bond acceptors (Lipinski definition) is 4. The van der Waals surface area contributed by atoms with E-state index in [1.165, 1.54) is 5.01 Å². The highest BCUT2D eigenvalue weighted by molar-refractivity contribution is 7.99. The van der Waals surface area contributed by atoms with Gasteiger partial charge in [-0.3, -0.25) is 9.59 Å². The van der Waals surface area contributed by atoms with Crippen LogP contribution >= 0.6 is 23.4 Å². The number of nitrogens with one attached hydrogen (secondary N) is 1. The number of carbonyl (C=O) groups excluding carboxylic acids is 2. The molecule has 1 aromatic carbocycles. The Bertz CT molecular complexity index is 662. The van der Waals surface area contributed by atoms with E-state index in [1.54, 1.807) is 18.8 Å². The lowest BCUT2D eigenvalue weighted by molar-refractivity contribution is -0.130. The molecule has 2 heterocycles. The van der Waals surface area contributed by atoms with Crippen LogP contribution < -0.4 is 5.32 Å².